The Labute approximate surface area is 187 Å². The molecule has 0 aromatic carbocycles. The molecule has 3 saturated carbocycles. The number of fused-ring (bicyclic) bond motifs is 5. The predicted octanol–water partition coefficient (Wildman–Crippen LogP) is 5.32. The molecule has 0 saturated heterocycles. The fourth-order valence-electron chi connectivity index (χ4n) is 7.35. The smallest absolute Gasteiger partial charge is 0.220 e. The fourth-order valence-corrected chi connectivity index (χ4v) is 7.35. The second-order valence-electron chi connectivity index (χ2n) is 10.9. The van der Waals surface area contributed by atoms with Crippen LogP contribution in [0.2, 0.25) is 0 Å². The molecule has 4 aliphatic carbocycles. The number of carbonyl (C=O) groups excluding carboxylic acids is 3. The maximum absolute atomic E-state index is 12.8. The first-order valence-electron chi connectivity index (χ1n) is 12.6. The molecular weight excluding hydrogens is 386 g/mol. The summed E-state index contributed by atoms with van der Waals surface area (Å²) in [5.41, 5.74) is 0.692. The zero-order valence-electron chi connectivity index (χ0n) is 19.5. The van der Waals surface area contributed by atoms with Gasteiger partial charge in [0.2, 0.25) is 5.91 Å². The van der Waals surface area contributed by atoms with E-state index in [0.29, 0.717) is 36.4 Å². The molecule has 1 amide bonds. The molecule has 6 atom stereocenters. The second kappa shape index (κ2) is 8.67. The maximum Gasteiger partial charge on any atom is 0.220 e. The molecule has 31 heavy (non-hydrogen) atoms. The molecule has 4 aliphatic rings. The summed E-state index contributed by atoms with van der Waals surface area (Å²) in [5.74, 6) is 1.82. The normalized spacial score (nSPS) is 38.9. The number of unbranched alkanes of at least 4 members (excludes halogenated alkanes) is 4. The van der Waals surface area contributed by atoms with E-state index < -0.39 is 0 Å². The van der Waals surface area contributed by atoms with Crippen molar-refractivity contribution in [1.82, 2.24) is 5.32 Å². The number of allylic oxidation sites excluding steroid dienone is 3. The quantitative estimate of drug-likeness (QED) is 0.562. The van der Waals surface area contributed by atoms with Gasteiger partial charge in [0, 0.05) is 23.7 Å². The summed E-state index contributed by atoms with van der Waals surface area (Å²) in [7, 11) is 0. The van der Waals surface area contributed by atoms with Crippen molar-refractivity contribution in [3.63, 3.8) is 0 Å². The average Bonchev–Trinajstić information content (AvgIpc) is 3.04. The molecular formula is C27H39NO3. The number of amides is 1. The Morgan fingerprint density at radius 1 is 1.10 bits per heavy atom. The van der Waals surface area contributed by atoms with Gasteiger partial charge in [0.25, 0.3) is 0 Å². The van der Waals surface area contributed by atoms with E-state index >= 15 is 0 Å². The van der Waals surface area contributed by atoms with Crippen molar-refractivity contribution in [2.45, 2.75) is 97.4 Å². The lowest BCUT2D eigenvalue weighted by Gasteiger charge is -2.57. The molecule has 0 spiro atoms. The van der Waals surface area contributed by atoms with Gasteiger partial charge in [-0.05, 0) is 67.6 Å². The van der Waals surface area contributed by atoms with Gasteiger partial charge >= 0.3 is 0 Å². The van der Waals surface area contributed by atoms with Crippen LogP contribution in [0.15, 0.2) is 23.8 Å². The lowest BCUT2D eigenvalue weighted by atomic mass is 9.47. The van der Waals surface area contributed by atoms with Crippen LogP contribution in [-0.2, 0) is 14.4 Å². The predicted molar refractivity (Wildman–Crippen MR) is 122 cm³/mol. The molecule has 1 N–H and O–H groups in total. The zero-order valence-corrected chi connectivity index (χ0v) is 19.5. The van der Waals surface area contributed by atoms with Crippen LogP contribution < -0.4 is 5.32 Å². The fraction of sp³-hybridized carbons (Fsp3) is 0.741. The Morgan fingerprint density at radius 2 is 1.87 bits per heavy atom. The lowest BCUT2D eigenvalue weighted by molar-refractivity contribution is -0.132. The SMILES string of the molecule is CCCCCCCC(=O)N[C@H]1C[C@@H]2[C@H](CC[C@]3(C)C(=O)CC[C@@H]23)[C@@]2(C)C=CC(=O)C=C12. The van der Waals surface area contributed by atoms with Crippen LogP contribution in [0.25, 0.3) is 0 Å². The Balaban J connectivity index is 1.53. The summed E-state index contributed by atoms with van der Waals surface area (Å²) >= 11 is 0. The van der Waals surface area contributed by atoms with E-state index in [1.807, 2.05) is 0 Å². The van der Waals surface area contributed by atoms with Gasteiger partial charge < -0.3 is 5.32 Å². The van der Waals surface area contributed by atoms with Crippen molar-refractivity contribution in [2.75, 3.05) is 0 Å². The third-order valence-corrected chi connectivity index (χ3v) is 9.16. The molecule has 0 aromatic rings. The van der Waals surface area contributed by atoms with Crippen molar-refractivity contribution in [1.29, 1.82) is 0 Å². The Kier molecular flexibility index (Phi) is 6.29. The molecule has 0 unspecified atom stereocenters. The molecule has 4 heteroatoms. The topological polar surface area (TPSA) is 63.2 Å². The minimum Gasteiger partial charge on any atom is -0.350 e. The van der Waals surface area contributed by atoms with E-state index in [2.05, 4.69) is 32.2 Å². The Bertz CT molecular complexity index is 811. The summed E-state index contributed by atoms with van der Waals surface area (Å²) in [4.78, 5) is 37.8. The van der Waals surface area contributed by atoms with Crippen LogP contribution in [0.5, 0.6) is 0 Å². The highest BCUT2D eigenvalue weighted by Crippen LogP contribution is 2.63. The third-order valence-electron chi connectivity index (χ3n) is 9.16. The first-order valence-corrected chi connectivity index (χ1v) is 12.6. The molecule has 0 radical (unpaired) electrons. The summed E-state index contributed by atoms with van der Waals surface area (Å²) < 4.78 is 0. The summed E-state index contributed by atoms with van der Waals surface area (Å²) in [5, 5.41) is 3.31. The number of Topliss-reactive ketones (excluding diaryl/α,β-unsaturated/α-hetero) is 1. The van der Waals surface area contributed by atoms with E-state index in [1.165, 1.54) is 19.3 Å². The molecule has 4 nitrogen and oxygen atoms in total. The standard InChI is InChI=1S/C27H39NO3/c1-4-5-6-7-8-9-25(31)28-23-17-19-20-10-11-24(30)27(20,3)15-13-21(19)26(2)14-12-18(29)16-22(23)26/h12,14,16,19-21,23H,4-11,13,15,17H2,1-3H3,(H,28,31)/t19-,20-,21-,23-,26+,27-/m0/s1. The van der Waals surface area contributed by atoms with E-state index in [9.17, 15) is 14.4 Å². The van der Waals surface area contributed by atoms with Gasteiger partial charge in [-0.2, -0.15) is 0 Å². The van der Waals surface area contributed by atoms with Crippen LogP contribution in [0, 0.1) is 28.6 Å². The van der Waals surface area contributed by atoms with Crippen LogP contribution in [0.3, 0.4) is 0 Å². The number of ketones is 2. The number of hydrogen-bond donors (Lipinski definition) is 1. The van der Waals surface area contributed by atoms with Crippen LogP contribution in [-0.4, -0.2) is 23.5 Å². The highest BCUT2D eigenvalue weighted by molar-refractivity contribution is 6.01. The van der Waals surface area contributed by atoms with Crippen molar-refractivity contribution in [3.05, 3.63) is 23.8 Å². The monoisotopic (exact) mass is 425 g/mol. The molecule has 3 fully saturated rings. The minimum atomic E-state index is -0.205. The average molecular weight is 426 g/mol. The highest BCUT2D eigenvalue weighted by atomic mass is 16.2. The minimum absolute atomic E-state index is 0.0291. The van der Waals surface area contributed by atoms with Gasteiger partial charge in [0.05, 0.1) is 6.04 Å². The first kappa shape index (κ1) is 22.5. The Morgan fingerprint density at radius 3 is 2.65 bits per heavy atom. The summed E-state index contributed by atoms with van der Waals surface area (Å²) in [6, 6.07) is -0.0960. The van der Waals surface area contributed by atoms with Crippen LogP contribution >= 0.6 is 0 Å². The molecule has 0 heterocycles. The van der Waals surface area contributed by atoms with Gasteiger partial charge in [-0.25, -0.2) is 0 Å². The van der Waals surface area contributed by atoms with Crippen LogP contribution in [0.1, 0.15) is 91.4 Å². The molecule has 0 aromatic heterocycles. The van der Waals surface area contributed by atoms with Crippen molar-refractivity contribution >= 4 is 17.5 Å². The first-order chi connectivity index (χ1) is 14.8. The number of rotatable bonds is 7. The van der Waals surface area contributed by atoms with E-state index in [0.717, 1.165) is 44.1 Å². The Hall–Kier alpha value is -1.71. The maximum atomic E-state index is 12.8. The summed E-state index contributed by atoms with van der Waals surface area (Å²) in [6.07, 6.45) is 16.3. The van der Waals surface area contributed by atoms with E-state index in [1.54, 1.807) is 12.2 Å². The molecule has 0 bridgehead atoms. The second-order valence-corrected chi connectivity index (χ2v) is 10.9. The van der Waals surface area contributed by atoms with Gasteiger partial charge in [0.15, 0.2) is 5.78 Å². The van der Waals surface area contributed by atoms with E-state index in [4.69, 9.17) is 0 Å². The largest absolute Gasteiger partial charge is 0.350 e. The van der Waals surface area contributed by atoms with Gasteiger partial charge in [-0.15, -0.1) is 0 Å². The van der Waals surface area contributed by atoms with Crippen molar-refractivity contribution in [3.8, 4) is 0 Å². The highest BCUT2D eigenvalue weighted by Gasteiger charge is 2.60. The van der Waals surface area contributed by atoms with Gasteiger partial charge in [0.1, 0.15) is 5.78 Å². The van der Waals surface area contributed by atoms with Gasteiger partial charge in [-0.3, -0.25) is 14.4 Å². The van der Waals surface area contributed by atoms with Crippen LogP contribution in [0.4, 0.5) is 0 Å². The number of nitrogens with one attached hydrogen (secondary N) is 1. The van der Waals surface area contributed by atoms with Gasteiger partial charge in [-0.1, -0.05) is 52.5 Å². The lowest BCUT2D eigenvalue weighted by Crippen LogP contribution is -2.56. The van der Waals surface area contributed by atoms with E-state index in [-0.39, 0.29) is 28.6 Å². The number of carbonyl (C=O) groups is 3. The summed E-state index contributed by atoms with van der Waals surface area (Å²) in [6.45, 7) is 6.63. The van der Waals surface area contributed by atoms with Crippen molar-refractivity contribution in [2.24, 2.45) is 28.6 Å². The third kappa shape index (κ3) is 3.96. The molecule has 4 rings (SSSR count). The van der Waals surface area contributed by atoms with Crippen molar-refractivity contribution < 1.29 is 14.4 Å². The molecule has 170 valence electrons. The number of hydrogen-bond acceptors (Lipinski definition) is 3. The zero-order chi connectivity index (χ0) is 22.2. The molecule has 0 aliphatic heterocycles.